The number of aliphatic imine (C=N–C) groups is 1. The van der Waals surface area contributed by atoms with Gasteiger partial charge < -0.3 is 9.47 Å². The van der Waals surface area contributed by atoms with Crippen LogP contribution in [0.15, 0.2) is 78.3 Å². The Balaban J connectivity index is 1.86. The van der Waals surface area contributed by atoms with Gasteiger partial charge in [-0.15, -0.1) is 6.58 Å². The van der Waals surface area contributed by atoms with Gasteiger partial charge in [0.1, 0.15) is 6.61 Å². The third kappa shape index (κ3) is 6.26. The highest BCUT2D eigenvalue weighted by molar-refractivity contribution is 5.84. The standard InChI is InChI=1S/C25H23N3O6/c1-3-5-20-14-19(16-26-21-8-12-23(13-9-21)28(31)32)15-24(33-4-2)25(20)34-17-18-6-10-22(11-7-18)27(29)30/h3,6-16H,1,4-5,17H2,2H3. The van der Waals surface area contributed by atoms with E-state index in [-0.39, 0.29) is 18.0 Å². The summed E-state index contributed by atoms with van der Waals surface area (Å²) in [6.45, 7) is 6.31. The van der Waals surface area contributed by atoms with Crippen LogP contribution in [0.1, 0.15) is 23.6 Å². The molecule has 0 N–H and O–H groups in total. The van der Waals surface area contributed by atoms with Gasteiger partial charge in [-0.05, 0) is 60.9 Å². The van der Waals surface area contributed by atoms with Gasteiger partial charge >= 0.3 is 0 Å². The summed E-state index contributed by atoms with van der Waals surface area (Å²) in [5.74, 6) is 1.10. The van der Waals surface area contributed by atoms with Crippen molar-refractivity contribution in [1.29, 1.82) is 0 Å². The SMILES string of the molecule is C=CCc1cc(C=Nc2ccc([N+](=O)[O-])cc2)cc(OCC)c1OCc1ccc([N+](=O)[O-])cc1. The van der Waals surface area contributed by atoms with E-state index in [4.69, 9.17) is 9.47 Å². The second-order valence-electron chi connectivity index (χ2n) is 7.18. The number of hydrogen-bond acceptors (Lipinski definition) is 7. The molecule has 0 aliphatic rings. The minimum atomic E-state index is -0.459. The number of ether oxygens (including phenoxy) is 2. The summed E-state index contributed by atoms with van der Waals surface area (Å²) < 4.78 is 11.9. The van der Waals surface area contributed by atoms with Gasteiger partial charge in [0, 0.05) is 36.0 Å². The van der Waals surface area contributed by atoms with Crippen molar-refractivity contribution >= 4 is 23.3 Å². The van der Waals surface area contributed by atoms with Crippen molar-refractivity contribution in [1.82, 2.24) is 0 Å². The fourth-order valence-electron chi connectivity index (χ4n) is 3.17. The Morgan fingerprint density at radius 3 is 2.12 bits per heavy atom. The van der Waals surface area contributed by atoms with E-state index in [1.165, 1.54) is 24.3 Å². The Morgan fingerprint density at radius 2 is 1.56 bits per heavy atom. The smallest absolute Gasteiger partial charge is 0.269 e. The van der Waals surface area contributed by atoms with Crippen LogP contribution >= 0.6 is 0 Å². The number of benzene rings is 3. The first kappa shape index (κ1) is 24.1. The molecule has 0 spiro atoms. The zero-order chi connectivity index (χ0) is 24.5. The monoisotopic (exact) mass is 461 g/mol. The number of nitro benzene ring substituents is 2. The first-order valence-corrected chi connectivity index (χ1v) is 10.5. The zero-order valence-corrected chi connectivity index (χ0v) is 18.5. The molecular weight excluding hydrogens is 438 g/mol. The van der Waals surface area contributed by atoms with Gasteiger partial charge in [-0.3, -0.25) is 25.2 Å². The lowest BCUT2D eigenvalue weighted by atomic mass is 10.1. The van der Waals surface area contributed by atoms with Crippen molar-refractivity contribution in [2.45, 2.75) is 20.0 Å². The van der Waals surface area contributed by atoms with E-state index in [0.29, 0.717) is 30.2 Å². The van der Waals surface area contributed by atoms with E-state index in [0.717, 1.165) is 16.7 Å². The molecule has 0 unspecified atom stereocenters. The molecule has 0 fully saturated rings. The van der Waals surface area contributed by atoms with Crippen LogP contribution < -0.4 is 9.47 Å². The summed E-state index contributed by atoms with van der Waals surface area (Å²) >= 11 is 0. The van der Waals surface area contributed by atoms with Crippen LogP contribution in [0, 0.1) is 20.2 Å². The molecule has 0 saturated heterocycles. The van der Waals surface area contributed by atoms with E-state index in [2.05, 4.69) is 11.6 Å². The van der Waals surface area contributed by atoms with Crippen LogP contribution in [0.3, 0.4) is 0 Å². The maximum atomic E-state index is 10.9. The first-order chi connectivity index (χ1) is 16.4. The lowest BCUT2D eigenvalue weighted by molar-refractivity contribution is -0.385. The fraction of sp³-hybridized carbons (Fsp3) is 0.160. The van der Waals surface area contributed by atoms with Gasteiger partial charge in [0.2, 0.25) is 0 Å². The highest BCUT2D eigenvalue weighted by Gasteiger charge is 2.14. The van der Waals surface area contributed by atoms with E-state index < -0.39 is 9.85 Å². The molecule has 0 aliphatic carbocycles. The topological polar surface area (TPSA) is 117 Å². The van der Waals surface area contributed by atoms with Crippen LogP contribution in [0.2, 0.25) is 0 Å². The van der Waals surface area contributed by atoms with E-state index in [9.17, 15) is 20.2 Å². The number of nitro groups is 2. The van der Waals surface area contributed by atoms with Crippen molar-refractivity contribution in [3.63, 3.8) is 0 Å². The maximum absolute atomic E-state index is 10.9. The van der Waals surface area contributed by atoms with Crippen molar-refractivity contribution in [2.75, 3.05) is 6.61 Å². The predicted molar refractivity (Wildman–Crippen MR) is 129 cm³/mol. The molecule has 3 aromatic rings. The third-order valence-electron chi connectivity index (χ3n) is 4.77. The van der Waals surface area contributed by atoms with Crippen molar-refractivity contribution < 1.29 is 19.3 Å². The summed E-state index contributed by atoms with van der Waals surface area (Å²) in [4.78, 5) is 25.2. The van der Waals surface area contributed by atoms with Gasteiger partial charge in [-0.1, -0.05) is 6.08 Å². The number of allylic oxidation sites excluding steroid dienone is 1. The van der Waals surface area contributed by atoms with Gasteiger partial charge in [-0.2, -0.15) is 0 Å². The van der Waals surface area contributed by atoms with Crippen LogP contribution in [0.25, 0.3) is 0 Å². The number of non-ortho nitro benzene ring substituents is 2. The molecule has 174 valence electrons. The molecule has 0 saturated carbocycles. The van der Waals surface area contributed by atoms with Gasteiger partial charge in [0.15, 0.2) is 11.5 Å². The highest BCUT2D eigenvalue weighted by Crippen LogP contribution is 2.34. The molecule has 3 rings (SSSR count). The van der Waals surface area contributed by atoms with Crippen LogP contribution in [-0.2, 0) is 13.0 Å². The van der Waals surface area contributed by atoms with Crippen molar-refractivity contribution in [3.8, 4) is 11.5 Å². The van der Waals surface area contributed by atoms with Crippen molar-refractivity contribution in [3.05, 3.63) is 110 Å². The molecule has 9 nitrogen and oxygen atoms in total. The molecule has 0 heterocycles. The lowest BCUT2D eigenvalue weighted by Crippen LogP contribution is -2.04. The normalized spacial score (nSPS) is 10.7. The molecule has 0 aliphatic heterocycles. The molecule has 34 heavy (non-hydrogen) atoms. The molecule has 0 bridgehead atoms. The Kier molecular flexibility index (Phi) is 8.07. The van der Waals surface area contributed by atoms with Crippen LogP contribution in [-0.4, -0.2) is 22.7 Å². The predicted octanol–water partition coefficient (Wildman–Crippen LogP) is 5.96. The molecule has 0 radical (unpaired) electrons. The Morgan fingerprint density at radius 1 is 0.941 bits per heavy atom. The number of hydrogen-bond donors (Lipinski definition) is 0. The Bertz CT molecular complexity index is 1200. The Hall–Kier alpha value is -4.53. The second-order valence-corrected chi connectivity index (χ2v) is 7.18. The van der Waals surface area contributed by atoms with E-state index in [1.807, 2.05) is 13.0 Å². The average molecular weight is 461 g/mol. The van der Waals surface area contributed by atoms with E-state index in [1.54, 1.807) is 42.6 Å². The third-order valence-corrected chi connectivity index (χ3v) is 4.77. The average Bonchev–Trinajstić information content (AvgIpc) is 2.83. The lowest BCUT2D eigenvalue weighted by Gasteiger charge is -2.17. The molecule has 9 heteroatoms. The largest absolute Gasteiger partial charge is 0.490 e. The first-order valence-electron chi connectivity index (χ1n) is 10.5. The van der Waals surface area contributed by atoms with Crippen molar-refractivity contribution in [2.24, 2.45) is 4.99 Å². The zero-order valence-electron chi connectivity index (χ0n) is 18.5. The van der Waals surface area contributed by atoms with E-state index >= 15 is 0 Å². The van der Waals surface area contributed by atoms with Gasteiger partial charge in [0.05, 0.1) is 22.1 Å². The minimum Gasteiger partial charge on any atom is -0.490 e. The van der Waals surface area contributed by atoms with Crippen LogP contribution in [0.4, 0.5) is 17.1 Å². The van der Waals surface area contributed by atoms with Gasteiger partial charge in [0.25, 0.3) is 11.4 Å². The summed E-state index contributed by atoms with van der Waals surface area (Å²) in [7, 11) is 0. The summed E-state index contributed by atoms with van der Waals surface area (Å²) in [6, 6.07) is 15.8. The second kappa shape index (κ2) is 11.4. The summed E-state index contributed by atoms with van der Waals surface area (Å²) in [5.41, 5.74) is 2.98. The highest BCUT2D eigenvalue weighted by atomic mass is 16.6. The summed E-state index contributed by atoms with van der Waals surface area (Å²) in [6.07, 6.45) is 3.92. The molecule has 0 amide bonds. The fourth-order valence-corrected chi connectivity index (χ4v) is 3.17. The molecule has 0 atom stereocenters. The summed E-state index contributed by atoms with van der Waals surface area (Å²) in [5, 5.41) is 21.7. The Labute approximate surface area is 196 Å². The van der Waals surface area contributed by atoms with Crippen LogP contribution in [0.5, 0.6) is 11.5 Å². The minimum absolute atomic E-state index is 0.000346. The number of rotatable bonds is 11. The number of nitrogens with zero attached hydrogens (tertiary/aromatic N) is 3. The quantitative estimate of drug-likeness (QED) is 0.150. The molecule has 3 aromatic carbocycles. The maximum Gasteiger partial charge on any atom is 0.269 e. The molecule has 0 aromatic heterocycles. The van der Waals surface area contributed by atoms with Gasteiger partial charge in [-0.25, -0.2) is 0 Å². The molecular formula is C25H23N3O6.